The molecule has 0 saturated heterocycles. The summed E-state index contributed by atoms with van der Waals surface area (Å²) >= 11 is 0. The molecule has 1 aliphatic rings. The molecule has 0 radical (unpaired) electrons. The van der Waals surface area contributed by atoms with Crippen molar-refractivity contribution < 1.29 is 18.3 Å². The predicted octanol–water partition coefficient (Wildman–Crippen LogP) is 3.41. The van der Waals surface area contributed by atoms with Crippen molar-refractivity contribution in [3.8, 4) is 0 Å². The van der Waals surface area contributed by atoms with E-state index in [1.165, 1.54) is 18.3 Å². The normalized spacial score (nSPS) is 21.6. The van der Waals surface area contributed by atoms with Crippen LogP contribution >= 0.6 is 0 Å². The van der Waals surface area contributed by atoms with Gasteiger partial charge in [-0.25, -0.2) is 0 Å². The Morgan fingerprint density at radius 1 is 1.11 bits per heavy atom. The zero-order valence-corrected chi connectivity index (χ0v) is 9.95. The minimum Gasteiger partial charge on any atom is -0.375 e. The molecule has 1 aromatic rings. The molecule has 1 heterocycles. The molecule has 1 N–H and O–H groups in total. The fourth-order valence-electron chi connectivity index (χ4n) is 2.69. The number of halogens is 3. The minimum atomic E-state index is -4.69. The van der Waals surface area contributed by atoms with E-state index in [0.29, 0.717) is 12.8 Å². The second-order valence-electron chi connectivity index (χ2n) is 4.81. The number of hydrogen-bond acceptors (Lipinski definition) is 2. The van der Waals surface area contributed by atoms with Crippen LogP contribution in [0.3, 0.4) is 0 Å². The topological polar surface area (TPSA) is 33.1 Å². The van der Waals surface area contributed by atoms with E-state index in [-0.39, 0.29) is 5.69 Å². The van der Waals surface area contributed by atoms with Gasteiger partial charge in [0, 0.05) is 12.1 Å². The van der Waals surface area contributed by atoms with Crippen LogP contribution in [0.5, 0.6) is 0 Å². The summed E-state index contributed by atoms with van der Waals surface area (Å²) in [6.45, 7) is 0. The van der Waals surface area contributed by atoms with Crippen LogP contribution < -0.4 is 0 Å². The van der Waals surface area contributed by atoms with Crippen LogP contribution in [0.4, 0.5) is 13.2 Å². The average Bonchev–Trinajstić information content (AvgIpc) is 2.38. The molecule has 1 atom stereocenters. The fourth-order valence-corrected chi connectivity index (χ4v) is 2.69. The Labute approximate surface area is 104 Å². The molecule has 0 aromatic carbocycles. The van der Waals surface area contributed by atoms with Crippen molar-refractivity contribution >= 4 is 0 Å². The monoisotopic (exact) mass is 259 g/mol. The summed E-state index contributed by atoms with van der Waals surface area (Å²) in [6.07, 6.45) is -0.212. The van der Waals surface area contributed by atoms with Crippen molar-refractivity contribution in [3.63, 3.8) is 0 Å². The molecule has 0 bridgehead atoms. The van der Waals surface area contributed by atoms with Gasteiger partial charge in [0.05, 0.1) is 5.69 Å². The first kappa shape index (κ1) is 13.3. The molecule has 1 aliphatic carbocycles. The van der Waals surface area contributed by atoms with Gasteiger partial charge in [-0.1, -0.05) is 25.3 Å². The van der Waals surface area contributed by atoms with Gasteiger partial charge in [0.1, 0.15) is 0 Å². The summed E-state index contributed by atoms with van der Waals surface area (Å²) in [5.41, 5.74) is -3.10. The molecule has 2 nitrogen and oxygen atoms in total. The Hall–Kier alpha value is -1.10. The second-order valence-corrected chi connectivity index (χ2v) is 4.81. The molecule has 0 spiro atoms. The molecule has 18 heavy (non-hydrogen) atoms. The van der Waals surface area contributed by atoms with Gasteiger partial charge in [0.25, 0.3) is 0 Å². The lowest BCUT2D eigenvalue weighted by atomic mass is 9.74. The average molecular weight is 259 g/mol. The molecule has 5 heteroatoms. The molecule has 2 rings (SSSR count). The third-order valence-corrected chi connectivity index (χ3v) is 3.68. The lowest BCUT2D eigenvalue weighted by molar-refractivity contribution is -0.291. The first-order chi connectivity index (χ1) is 8.46. The summed E-state index contributed by atoms with van der Waals surface area (Å²) < 4.78 is 39.9. The van der Waals surface area contributed by atoms with Crippen molar-refractivity contribution in [2.24, 2.45) is 5.92 Å². The summed E-state index contributed by atoms with van der Waals surface area (Å²) in [5.74, 6) is -0.791. The standard InChI is InChI=1S/C13H16F3NO/c14-13(15,16)12(18,10-6-2-1-3-7-10)11-8-4-5-9-17-11/h4-5,8-10,18H,1-3,6-7H2. The third-order valence-electron chi connectivity index (χ3n) is 3.68. The van der Waals surface area contributed by atoms with Crippen molar-refractivity contribution in [3.05, 3.63) is 30.1 Å². The number of rotatable bonds is 2. The molecule has 0 aliphatic heterocycles. The molecule has 1 fully saturated rings. The van der Waals surface area contributed by atoms with E-state index in [1.807, 2.05) is 0 Å². The highest BCUT2D eigenvalue weighted by atomic mass is 19.4. The Morgan fingerprint density at radius 2 is 1.78 bits per heavy atom. The number of aromatic nitrogens is 1. The van der Waals surface area contributed by atoms with E-state index in [0.717, 1.165) is 19.3 Å². The van der Waals surface area contributed by atoms with Crippen LogP contribution in [0.25, 0.3) is 0 Å². The van der Waals surface area contributed by atoms with Crippen molar-refractivity contribution in [2.75, 3.05) is 0 Å². The molecule has 0 amide bonds. The maximum Gasteiger partial charge on any atom is 0.423 e. The van der Waals surface area contributed by atoms with E-state index in [9.17, 15) is 18.3 Å². The minimum absolute atomic E-state index is 0.288. The zero-order chi connectivity index (χ0) is 13.2. The van der Waals surface area contributed by atoms with Gasteiger partial charge < -0.3 is 5.11 Å². The fraction of sp³-hybridized carbons (Fsp3) is 0.615. The van der Waals surface area contributed by atoms with Crippen LogP contribution in [0.2, 0.25) is 0 Å². The van der Waals surface area contributed by atoms with Gasteiger partial charge >= 0.3 is 6.18 Å². The predicted molar refractivity (Wildman–Crippen MR) is 60.8 cm³/mol. The van der Waals surface area contributed by atoms with Crippen LogP contribution in [-0.2, 0) is 5.60 Å². The lowest BCUT2D eigenvalue weighted by Gasteiger charge is -2.39. The van der Waals surface area contributed by atoms with E-state index in [4.69, 9.17) is 0 Å². The third kappa shape index (κ3) is 2.23. The summed E-state index contributed by atoms with van der Waals surface area (Å²) in [7, 11) is 0. The summed E-state index contributed by atoms with van der Waals surface area (Å²) in [4.78, 5) is 3.72. The number of nitrogens with zero attached hydrogens (tertiary/aromatic N) is 1. The SMILES string of the molecule is OC(c1ccccn1)(C1CCCCC1)C(F)(F)F. The summed E-state index contributed by atoms with van der Waals surface area (Å²) in [5, 5.41) is 10.3. The maximum absolute atomic E-state index is 13.3. The first-order valence-electron chi connectivity index (χ1n) is 6.17. The van der Waals surface area contributed by atoms with E-state index in [2.05, 4.69) is 4.98 Å². The Balaban J connectivity index is 2.40. The smallest absolute Gasteiger partial charge is 0.375 e. The Kier molecular flexibility index (Phi) is 3.61. The van der Waals surface area contributed by atoms with Crippen LogP contribution in [0.15, 0.2) is 24.4 Å². The van der Waals surface area contributed by atoms with Crippen molar-refractivity contribution in [1.82, 2.24) is 4.98 Å². The highest BCUT2D eigenvalue weighted by Gasteiger charge is 2.60. The van der Waals surface area contributed by atoms with Crippen LogP contribution in [-0.4, -0.2) is 16.3 Å². The van der Waals surface area contributed by atoms with Gasteiger partial charge in [-0.2, -0.15) is 13.2 Å². The lowest BCUT2D eigenvalue weighted by Crippen LogP contribution is -2.49. The number of hydrogen-bond donors (Lipinski definition) is 1. The van der Waals surface area contributed by atoms with Crippen LogP contribution in [0, 0.1) is 5.92 Å². The largest absolute Gasteiger partial charge is 0.423 e. The van der Waals surface area contributed by atoms with E-state index in [1.54, 1.807) is 6.07 Å². The van der Waals surface area contributed by atoms with Gasteiger partial charge in [0.15, 0.2) is 0 Å². The zero-order valence-electron chi connectivity index (χ0n) is 9.95. The highest BCUT2D eigenvalue weighted by molar-refractivity contribution is 5.17. The summed E-state index contributed by atoms with van der Waals surface area (Å²) in [6, 6.07) is 4.27. The quantitative estimate of drug-likeness (QED) is 0.882. The molecule has 1 saturated carbocycles. The van der Waals surface area contributed by atoms with Crippen molar-refractivity contribution in [2.45, 2.75) is 43.9 Å². The highest BCUT2D eigenvalue weighted by Crippen LogP contribution is 2.48. The molecule has 1 aromatic heterocycles. The number of pyridine rings is 1. The van der Waals surface area contributed by atoms with Gasteiger partial charge in [-0.05, 0) is 25.0 Å². The van der Waals surface area contributed by atoms with Gasteiger partial charge in [-0.3, -0.25) is 4.98 Å². The Morgan fingerprint density at radius 3 is 2.28 bits per heavy atom. The number of alkyl halides is 3. The van der Waals surface area contributed by atoms with Gasteiger partial charge in [-0.15, -0.1) is 0 Å². The molecule has 100 valence electrons. The number of aliphatic hydroxyl groups is 1. The Bertz CT molecular complexity index is 387. The molecular weight excluding hydrogens is 243 g/mol. The first-order valence-corrected chi connectivity index (χ1v) is 6.17. The van der Waals surface area contributed by atoms with Gasteiger partial charge in [0.2, 0.25) is 5.60 Å². The second kappa shape index (κ2) is 4.88. The van der Waals surface area contributed by atoms with Crippen molar-refractivity contribution in [1.29, 1.82) is 0 Å². The van der Waals surface area contributed by atoms with E-state index < -0.39 is 17.7 Å². The van der Waals surface area contributed by atoms with Crippen LogP contribution in [0.1, 0.15) is 37.8 Å². The van der Waals surface area contributed by atoms with E-state index >= 15 is 0 Å². The molecular formula is C13H16F3NO. The molecule has 1 unspecified atom stereocenters. The maximum atomic E-state index is 13.3.